The van der Waals surface area contributed by atoms with E-state index in [1.54, 1.807) is 13.0 Å². The van der Waals surface area contributed by atoms with Crippen molar-refractivity contribution in [3.8, 4) is 11.1 Å². The maximum Gasteiger partial charge on any atom is 0.298 e. The molecule has 0 aromatic heterocycles. The second-order valence-electron chi connectivity index (χ2n) is 7.62. The summed E-state index contributed by atoms with van der Waals surface area (Å²) in [5.41, 5.74) is 15.8. The summed E-state index contributed by atoms with van der Waals surface area (Å²) in [7, 11) is -9.77. The summed E-state index contributed by atoms with van der Waals surface area (Å²) < 4.78 is 66.7. The Bertz CT molecular complexity index is 1680. The van der Waals surface area contributed by atoms with Crippen molar-refractivity contribution >= 4 is 48.9 Å². The van der Waals surface area contributed by atoms with Gasteiger partial charge in [-0.1, -0.05) is 12.1 Å². The summed E-state index contributed by atoms with van der Waals surface area (Å²) in [4.78, 5) is 25.4. The number of ketones is 2. The summed E-state index contributed by atoms with van der Waals surface area (Å²) in [5.74, 6) is -1.80. The number of nitrogen functional groups attached to an aromatic ring is 3. The van der Waals surface area contributed by atoms with Crippen LogP contribution in [0.5, 0.6) is 0 Å². The normalized spacial score (nSPS) is 13.5. The first kappa shape index (κ1) is 23.4. The van der Waals surface area contributed by atoms with Gasteiger partial charge in [0.1, 0.15) is 4.90 Å². The zero-order valence-corrected chi connectivity index (χ0v) is 19.0. The third-order valence-corrected chi connectivity index (χ3v) is 7.47. The molecule has 0 saturated carbocycles. The van der Waals surface area contributed by atoms with Crippen molar-refractivity contribution in [3.05, 3.63) is 64.2 Å². The van der Waals surface area contributed by atoms with Crippen LogP contribution in [0.15, 0.2) is 46.2 Å². The first-order valence-corrected chi connectivity index (χ1v) is 12.3. The number of nitrogens with two attached hydrogens (primary N) is 3. The molecule has 1 aliphatic carbocycles. The fraction of sp³-hybridized carbons (Fsp3) is 0.0476. The third-order valence-electron chi connectivity index (χ3n) is 5.66. The number of fused-ring (bicyclic) bond motifs is 2. The lowest BCUT2D eigenvalue weighted by atomic mass is 9.78. The van der Waals surface area contributed by atoms with Crippen LogP contribution in [0.2, 0.25) is 0 Å². The molecular weight excluding hydrogens is 486 g/mol. The van der Waals surface area contributed by atoms with Gasteiger partial charge in [-0.2, -0.15) is 16.8 Å². The van der Waals surface area contributed by atoms with Gasteiger partial charge in [0.05, 0.1) is 21.8 Å². The van der Waals surface area contributed by atoms with Gasteiger partial charge in [-0.05, 0) is 42.3 Å². The van der Waals surface area contributed by atoms with Crippen molar-refractivity contribution in [1.29, 1.82) is 0 Å². The molecule has 8 N–H and O–H groups in total. The molecule has 34 heavy (non-hydrogen) atoms. The standard InChI is InChI=1S/C21H17N3O8S2/c1-8-10(3-2-4-13(8)22)14-15-16(18(24)21(17(14)23)34(30,31)32)19(25)11-6-5-9(33(27,28)29)7-12(11)20(15)26/h2-7H,22-24H2,1H3,(H,27,28,29)(H,30,31,32). The minimum atomic E-state index is -5.05. The predicted molar refractivity (Wildman–Crippen MR) is 123 cm³/mol. The van der Waals surface area contributed by atoms with Gasteiger partial charge in [-0.25, -0.2) is 0 Å². The van der Waals surface area contributed by atoms with E-state index in [-0.39, 0.29) is 33.5 Å². The molecule has 0 spiro atoms. The molecule has 4 rings (SSSR count). The molecule has 13 heteroatoms. The maximum absolute atomic E-state index is 13.6. The van der Waals surface area contributed by atoms with E-state index in [4.69, 9.17) is 17.2 Å². The largest absolute Gasteiger partial charge is 0.398 e. The summed E-state index contributed by atoms with van der Waals surface area (Å²) in [6, 6.07) is 7.26. The second kappa shape index (κ2) is 7.36. The van der Waals surface area contributed by atoms with Crippen molar-refractivity contribution in [2.45, 2.75) is 16.7 Å². The Labute approximate surface area is 193 Å². The Morgan fingerprint density at radius 2 is 1.29 bits per heavy atom. The van der Waals surface area contributed by atoms with Crippen LogP contribution >= 0.6 is 0 Å². The van der Waals surface area contributed by atoms with E-state index in [1.807, 2.05) is 0 Å². The molecule has 0 atom stereocenters. The van der Waals surface area contributed by atoms with Crippen LogP contribution in [0.4, 0.5) is 17.1 Å². The van der Waals surface area contributed by atoms with E-state index in [0.29, 0.717) is 5.56 Å². The van der Waals surface area contributed by atoms with Crippen LogP contribution in [-0.4, -0.2) is 37.5 Å². The van der Waals surface area contributed by atoms with E-state index >= 15 is 0 Å². The zero-order chi connectivity index (χ0) is 25.3. The molecule has 0 amide bonds. The predicted octanol–water partition coefficient (Wildman–Crippen LogP) is 1.68. The minimum Gasteiger partial charge on any atom is -0.398 e. The maximum atomic E-state index is 13.6. The van der Waals surface area contributed by atoms with E-state index in [2.05, 4.69) is 0 Å². The molecule has 0 radical (unpaired) electrons. The highest BCUT2D eigenvalue weighted by atomic mass is 32.2. The molecule has 0 saturated heterocycles. The summed E-state index contributed by atoms with van der Waals surface area (Å²) in [6.07, 6.45) is 0. The fourth-order valence-electron chi connectivity index (χ4n) is 4.05. The number of benzene rings is 3. The van der Waals surface area contributed by atoms with Crippen molar-refractivity contribution in [2.24, 2.45) is 0 Å². The third kappa shape index (κ3) is 3.33. The van der Waals surface area contributed by atoms with E-state index in [1.165, 1.54) is 12.1 Å². The molecule has 1 aliphatic rings. The Morgan fingerprint density at radius 3 is 1.88 bits per heavy atom. The lowest BCUT2D eigenvalue weighted by molar-refractivity contribution is 0.0979. The average molecular weight is 504 g/mol. The molecule has 0 heterocycles. The molecule has 3 aromatic rings. The van der Waals surface area contributed by atoms with Crippen molar-refractivity contribution < 1.29 is 35.5 Å². The van der Waals surface area contributed by atoms with Gasteiger partial charge in [-0.15, -0.1) is 0 Å². The second-order valence-corrected chi connectivity index (χ2v) is 10.4. The van der Waals surface area contributed by atoms with E-state index < -0.39 is 58.5 Å². The monoisotopic (exact) mass is 503 g/mol. The lowest BCUT2D eigenvalue weighted by Gasteiger charge is -2.26. The van der Waals surface area contributed by atoms with Crippen LogP contribution in [0.1, 0.15) is 37.4 Å². The molecule has 3 aromatic carbocycles. The smallest absolute Gasteiger partial charge is 0.298 e. The number of rotatable bonds is 3. The molecule has 176 valence electrons. The first-order chi connectivity index (χ1) is 15.7. The number of carbonyl (C=O) groups is 2. The topological polar surface area (TPSA) is 221 Å². The fourth-order valence-corrected chi connectivity index (χ4v) is 5.32. The lowest BCUT2D eigenvalue weighted by Crippen LogP contribution is -2.26. The highest BCUT2D eigenvalue weighted by Gasteiger charge is 2.39. The minimum absolute atomic E-state index is 0.189. The summed E-state index contributed by atoms with van der Waals surface area (Å²) in [6.45, 7) is 1.57. The Kier molecular flexibility index (Phi) is 5.06. The molecule has 0 fully saturated rings. The van der Waals surface area contributed by atoms with Gasteiger partial charge in [0.15, 0.2) is 11.6 Å². The quantitative estimate of drug-likeness (QED) is 0.200. The molecule has 0 bridgehead atoms. The number of carbonyl (C=O) groups excluding carboxylic acids is 2. The van der Waals surface area contributed by atoms with Gasteiger partial charge in [-0.3, -0.25) is 18.7 Å². The molecule has 11 nitrogen and oxygen atoms in total. The summed E-state index contributed by atoms with van der Waals surface area (Å²) >= 11 is 0. The van der Waals surface area contributed by atoms with Crippen molar-refractivity contribution in [2.75, 3.05) is 17.2 Å². The van der Waals surface area contributed by atoms with Crippen molar-refractivity contribution in [1.82, 2.24) is 0 Å². The first-order valence-electron chi connectivity index (χ1n) is 9.45. The van der Waals surface area contributed by atoms with Gasteiger partial charge in [0.25, 0.3) is 20.2 Å². The Balaban J connectivity index is 2.22. The van der Waals surface area contributed by atoms with Gasteiger partial charge < -0.3 is 17.2 Å². The van der Waals surface area contributed by atoms with Gasteiger partial charge in [0, 0.05) is 27.9 Å². The van der Waals surface area contributed by atoms with Crippen LogP contribution in [-0.2, 0) is 20.2 Å². The molecule has 0 unspecified atom stereocenters. The SMILES string of the molecule is Cc1c(N)cccc1-c1c(N)c(S(=O)(=O)O)c(N)c2c1C(=O)c1cc(S(=O)(=O)O)ccc1C2=O. The van der Waals surface area contributed by atoms with Gasteiger partial charge in [0.2, 0.25) is 0 Å². The average Bonchev–Trinajstić information content (AvgIpc) is 2.72. The highest BCUT2D eigenvalue weighted by molar-refractivity contribution is 7.86. The number of hydrogen-bond donors (Lipinski definition) is 5. The molecular formula is C21H17N3O8S2. The van der Waals surface area contributed by atoms with Gasteiger partial charge >= 0.3 is 0 Å². The summed E-state index contributed by atoms with van der Waals surface area (Å²) in [5, 5.41) is 0. The van der Waals surface area contributed by atoms with E-state index in [9.17, 15) is 35.5 Å². The zero-order valence-electron chi connectivity index (χ0n) is 17.4. The van der Waals surface area contributed by atoms with Crippen LogP contribution in [0.3, 0.4) is 0 Å². The van der Waals surface area contributed by atoms with Crippen molar-refractivity contribution in [3.63, 3.8) is 0 Å². The van der Waals surface area contributed by atoms with E-state index in [0.717, 1.165) is 18.2 Å². The highest BCUT2D eigenvalue weighted by Crippen LogP contribution is 2.46. The number of hydrogen-bond acceptors (Lipinski definition) is 9. The van der Waals surface area contributed by atoms with Crippen LogP contribution in [0, 0.1) is 6.92 Å². The van der Waals surface area contributed by atoms with Crippen LogP contribution in [0.25, 0.3) is 11.1 Å². The number of anilines is 3. The molecule has 0 aliphatic heterocycles. The Hall–Kier alpha value is -3.78. The Morgan fingerprint density at radius 1 is 0.706 bits per heavy atom. The van der Waals surface area contributed by atoms with Crippen LogP contribution < -0.4 is 17.2 Å².